The van der Waals surface area contributed by atoms with Crippen LogP contribution in [0.15, 0.2) is 113 Å². The van der Waals surface area contributed by atoms with E-state index in [0.29, 0.717) is 40.3 Å². The molecule has 4 aromatic rings. The predicted molar refractivity (Wildman–Crippen MR) is 156 cm³/mol. The Bertz CT molecular complexity index is 1470. The lowest BCUT2D eigenvalue weighted by Crippen LogP contribution is -2.16. The van der Waals surface area contributed by atoms with Crippen LogP contribution in [0.3, 0.4) is 0 Å². The highest BCUT2D eigenvalue weighted by Crippen LogP contribution is 2.22. The molecule has 0 aliphatic carbocycles. The molecule has 0 aromatic heterocycles. The first-order valence-corrected chi connectivity index (χ1v) is 13.7. The van der Waals surface area contributed by atoms with E-state index in [4.69, 9.17) is 16.4 Å². The molecule has 39 heavy (non-hydrogen) atoms. The summed E-state index contributed by atoms with van der Waals surface area (Å²) >= 11 is 7.49. The molecule has 0 aliphatic heterocycles. The van der Waals surface area contributed by atoms with Gasteiger partial charge in [0.15, 0.2) is 5.78 Å². The van der Waals surface area contributed by atoms with Crippen molar-refractivity contribution >= 4 is 46.6 Å². The highest BCUT2D eigenvalue weighted by Gasteiger charge is 2.16. The molecule has 5 nitrogen and oxygen atoms in total. The number of hydrogen-bond donors (Lipinski definition) is 0. The first-order valence-electron chi connectivity index (χ1n) is 12.3. The average molecular weight is 556 g/mol. The largest absolute Gasteiger partial charge is 0.331 e. The number of rotatable bonds is 11. The zero-order chi connectivity index (χ0) is 27.6. The molecule has 0 N–H and O–H groups in total. The molecule has 0 radical (unpaired) electrons. The fraction of sp³-hybridized carbons (Fsp3) is 0.125. The minimum atomic E-state index is -0.586. The zero-order valence-electron chi connectivity index (χ0n) is 21.3. The Labute approximate surface area is 236 Å². The fourth-order valence-corrected chi connectivity index (χ4v) is 4.81. The van der Waals surface area contributed by atoms with E-state index in [9.17, 15) is 14.4 Å². The van der Waals surface area contributed by atoms with Crippen molar-refractivity contribution in [2.75, 3.05) is 5.75 Å². The van der Waals surface area contributed by atoms with E-state index >= 15 is 0 Å². The third kappa shape index (κ3) is 8.24. The van der Waals surface area contributed by atoms with Gasteiger partial charge in [-0.05, 0) is 41.8 Å². The van der Waals surface area contributed by atoms with E-state index < -0.39 is 5.97 Å². The van der Waals surface area contributed by atoms with Crippen LogP contribution >= 0.6 is 23.4 Å². The highest BCUT2D eigenvalue weighted by molar-refractivity contribution is 7.99. The van der Waals surface area contributed by atoms with Crippen molar-refractivity contribution < 1.29 is 19.2 Å². The van der Waals surface area contributed by atoms with Gasteiger partial charge in [0.25, 0.3) is 0 Å². The minimum absolute atomic E-state index is 0.0113. The van der Waals surface area contributed by atoms with Crippen LogP contribution < -0.4 is 0 Å². The molecule has 0 atom stereocenters. The summed E-state index contributed by atoms with van der Waals surface area (Å²) in [5.41, 5.74) is 4.01. The SMILES string of the molecule is CC(=O)ON=C(CCSc1ccc(Cl)cc1)C(=O)c1ccc(Cc2ccc(C(=O)c3ccccc3)cc2)cc1. The number of carbonyl (C=O) groups is 3. The lowest BCUT2D eigenvalue weighted by Gasteiger charge is -2.08. The molecule has 0 amide bonds. The number of thioether (sulfide) groups is 1. The zero-order valence-corrected chi connectivity index (χ0v) is 22.9. The number of oxime groups is 1. The summed E-state index contributed by atoms with van der Waals surface area (Å²) in [5.74, 6) is -0.308. The summed E-state index contributed by atoms with van der Waals surface area (Å²) < 4.78 is 0. The van der Waals surface area contributed by atoms with Crippen LogP contribution in [0.1, 0.15) is 50.8 Å². The second kappa shape index (κ2) is 13.7. The Kier molecular flexibility index (Phi) is 9.84. The van der Waals surface area contributed by atoms with Crippen molar-refractivity contribution in [3.63, 3.8) is 0 Å². The summed E-state index contributed by atoms with van der Waals surface area (Å²) in [6.45, 7) is 1.24. The Morgan fingerprint density at radius 2 is 1.31 bits per heavy atom. The normalized spacial score (nSPS) is 11.2. The standard InChI is InChI=1S/C32H26ClNO4S/c1-22(35)38-34-30(19-20-39-29-17-15-28(33)16-18-29)32(37)27-13-9-24(10-14-27)21-23-7-11-26(12-8-23)31(36)25-5-3-2-4-6-25/h2-18H,19-21H2,1H3. The smallest absolute Gasteiger partial charge is 0.318 e. The molecule has 0 fully saturated rings. The van der Waals surface area contributed by atoms with Crippen LogP contribution in [0.25, 0.3) is 0 Å². The summed E-state index contributed by atoms with van der Waals surface area (Å²) in [6, 6.07) is 31.5. The van der Waals surface area contributed by atoms with E-state index in [1.807, 2.05) is 78.9 Å². The lowest BCUT2D eigenvalue weighted by atomic mass is 9.98. The number of benzene rings is 4. The molecule has 196 valence electrons. The summed E-state index contributed by atoms with van der Waals surface area (Å²) in [6.07, 6.45) is 0.982. The molecule has 0 unspecified atom stereocenters. The molecule has 4 rings (SSSR count). The summed E-state index contributed by atoms with van der Waals surface area (Å²) in [5, 5.41) is 4.49. The topological polar surface area (TPSA) is 72.8 Å². The summed E-state index contributed by atoms with van der Waals surface area (Å²) in [4.78, 5) is 42.9. The molecule has 0 heterocycles. The van der Waals surface area contributed by atoms with Gasteiger partial charge >= 0.3 is 5.97 Å². The average Bonchev–Trinajstić information content (AvgIpc) is 2.96. The van der Waals surface area contributed by atoms with Gasteiger partial charge in [0, 0.05) is 45.7 Å². The first-order chi connectivity index (χ1) is 18.9. The molecule has 7 heteroatoms. The highest BCUT2D eigenvalue weighted by atomic mass is 35.5. The van der Waals surface area contributed by atoms with Gasteiger partial charge in [-0.15, -0.1) is 11.8 Å². The molecule has 4 aromatic carbocycles. The second-order valence-electron chi connectivity index (χ2n) is 8.77. The quantitative estimate of drug-likeness (QED) is 0.0632. The van der Waals surface area contributed by atoms with E-state index in [2.05, 4.69) is 5.16 Å². The number of hydrogen-bond acceptors (Lipinski definition) is 6. The van der Waals surface area contributed by atoms with Gasteiger partial charge in [-0.1, -0.05) is 95.6 Å². The van der Waals surface area contributed by atoms with Crippen molar-refractivity contribution in [1.82, 2.24) is 0 Å². The van der Waals surface area contributed by atoms with E-state index in [1.165, 1.54) is 6.92 Å². The van der Waals surface area contributed by atoms with Gasteiger partial charge in [-0.25, -0.2) is 4.79 Å². The van der Waals surface area contributed by atoms with Crippen molar-refractivity contribution in [3.05, 3.63) is 136 Å². The van der Waals surface area contributed by atoms with Gasteiger partial charge in [0.1, 0.15) is 5.71 Å². The fourth-order valence-electron chi connectivity index (χ4n) is 3.82. The van der Waals surface area contributed by atoms with E-state index in [-0.39, 0.29) is 17.3 Å². The van der Waals surface area contributed by atoms with E-state index in [0.717, 1.165) is 16.0 Å². The molecule has 0 aliphatic rings. The molecular weight excluding hydrogens is 530 g/mol. The molecule has 0 spiro atoms. The third-order valence-electron chi connectivity index (χ3n) is 5.84. The van der Waals surface area contributed by atoms with Crippen LogP contribution in [0.2, 0.25) is 5.02 Å². The molecule has 0 bridgehead atoms. The van der Waals surface area contributed by atoms with Crippen LogP contribution in [0.4, 0.5) is 0 Å². The van der Waals surface area contributed by atoms with Gasteiger partial charge in [-0.3, -0.25) is 9.59 Å². The van der Waals surface area contributed by atoms with Crippen LogP contribution in [0, 0.1) is 0 Å². The monoisotopic (exact) mass is 555 g/mol. The van der Waals surface area contributed by atoms with Crippen molar-refractivity contribution in [3.8, 4) is 0 Å². The molecule has 0 saturated carbocycles. The van der Waals surface area contributed by atoms with Gasteiger partial charge < -0.3 is 4.84 Å². The van der Waals surface area contributed by atoms with Crippen LogP contribution in [-0.4, -0.2) is 29.0 Å². The Morgan fingerprint density at radius 3 is 1.90 bits per heavy atom. The number of halogens is 1. The molecular formula is C32H26ClNO4S. The van der Waals surface area contributed by atoms with Crippen LogP contribution in [0.5, 0.6) is 0 Å². The van der Waals surface area contributed by atoms with Crippen molar-refractivity contribution in [1.29, 1.82) is 0 Å². The number of ketones is 2. The Balaban J connectivity index is 1.39. The maximum atomic E-state index is 13.2. The van der Waals surface area contributed by atoms with Gasteiger partial charge in [-0.2, -0.15) is 0 Å². The Morgan fingerprint density at radius 1 is 0.744 bits per heavy atom. The van der Waals surface area contributed by atoms with Gasteiger partial charge in [0.2, 0.25) is 5.78 Å². The van der Waals surface area contributed by atoms with Crippen molar-refractivity contribution in [2.24, 2.45) is 5.16 Å². The number of nitrogens with zero attached hydrogens (tertiary/aromatic N) is 1. The Hall–Kier alpha value is -4.00. The number of carbonyl (C=O) groups excluding carboxylic acids is 3. The first kappa shape index (κ1) is 28.0. The maximum Gasteiger partial charge on any atom is 0.331 e. The predicted octanol–water partition coefficient (Wildman–Crippen LogP) is 7.45. The maximum absolute atomic E-state index is 13.2. The second-order valence-corrected chi connectivity index (χ2v) is 10.4. The number of Topliss-reactive ketones (excluding diaryl/α,β-unsaturated/α-hetero) is 1. The molecule has 0 saturated heterocycles. The summed E-state index contributed by atoms with van der Waals surface area (Å²) in [7, 11) is 0. The lowest BCUT2D eigenvalue weighted by molar-refractivity contribution is -0.140. The third-order valence-corrected chi connectivity index (χ3v) is 7.11. The van der Waals surface area contributed by atoms with Gasteiger partial charge in [0.05, 0.1) is 0 Å². The van der Waals surface area contributed by atoms with Crippen molar-refractivity contribution in [2.45, 2.75) is 24.7 Å². The van der Waals surface area contributed by atoms with Crippen LogP contribution in [-0.2, 0) is 16.1 Å². The minimum Gasteiger partial charge on any atom is -0.318 e. The van der Waals surface area contributed by atoms with E-state index in [1.54, 1.807) is 36.0 Å².